The molecule has 1 rings (SSSR count). The van der Waals surface area contributed by atoms with Gasteiger partial charge in [-0.1, -0.05) is 0 Å². The SMILES string of the molecule is O=C[C@H](O)[C@@H](O)[C@@](O)(F)[C@H](O)CO.OC[C@H]1OC(O)[C@H](O)[C@@H](O)[C@@H]1F. The Labute approximate surface area is 140 Å². The van der Waals surface area contributed by atoms with Gasteiger partial charge >= 0.3 is 0 Å². The van der Waals surface area contributed by atoms with E-state index in [0.717, 1.165) is 0 Å². The zero-order valence-corrected chi connectivity index (χ0v) is 12.7. The summed E-state index contributed by atoms with van der Waals surface area (Å²) in [5.74, 6) is -3.63. The zero-order chi connectivity index (χ0) is 19.9. The van der Waals surface area contributed by atoms with Gasteiger partial charge in [0.25, 0.3) is 5.85 Å². The Balaban J connectivity index is 0.000000462. The molecule has 0 bridgehead atoms. The number of hydrogen-bond acceptors (Lipinski definition) is 11. The van der Waals surface area contributed by atoms with E-state index in [1.807, 2.05) is 0 Å². The fraction of sp³-hybridized carbons (Fsp3) is 0.917. The van der Waals surface area contributed by atoms with E-state index in [-0.39, 0.29) is 6.29 Å². The summed E-state index contributed by atoms with van der Waals surface area (Å²) >= 11 is 0. The van der Waals surface area contributed by atoms with Crippen LogP contribution >= 0.6 is 0 Å². The van der Waals surface area contributed by atoms with Crippen molar-refractivity contribution in [2.75, 3.05) is 13.2 Å². The third-order valence-electron chi connectivity index (χ3n) is 3.34. The molecule has 1 fully saturated rings. The Bertz CT molecular complexity index is 395. The molecular formula is C12H22F2O11. The third kappa shape index (κ3) is 6.10. The first kappa shape index (κ1) is 24.1. The predicted octanol–water partition coefficient (Wildman–Crippen LogP) is -5.33. The summed E-state index contributed by atoms with van der Waals surface area (Å²) < 4.78 is 30.2. The molecule has 1 aliphatic rings. The summed E-state index contributed by atoms with van der Waals surface area (Å²) in [6.45, 7) is -1.81. The van der Waals surface area contributed by atoms with Gasteiger partial charge in [-0.3, -0.25) is 0 Å². The average molecular weight is 380 g/mol. The molecule has 0 aliphatic carbocycles. The molecule has 1 unspecified atom stereocenters. The van der Waals surface area contributed by atoms with Crippen LogP contribution in [0, 0.1) is 0 Å². The van der Waals surface area contributed by atoms with Crippen LogP contribution in [0.3, 0.4) is 0 Å². The molecule has 0 aromatic heterocycles. The molecule has 25 heavy (non-hydrogen) atoms. The molecule has 1 aliphatic heterocycles. The Morgan fingerprint density at radius 1 is 1.12 bits per heavy atom. The second-order valence-electron chi connectivity index (χ2n) is 5.17. The maximum absolute atomic E-state index is 12.9. The number of carbonyl (C=O) groups excluding carboxylic acids is 1. The first-order chi connectivity index (χ1) is 11.4. The Kier molecular flexibility index (Phi) is 9.96. The quantitative estimate of drug-likeness (QED) is 0.199. The van der Waals surface area contributed by atoms with Gasteiger partial charge < -0.3 is 55.5 Å². The number of aliphatic hydroxyl groups excluding tert-OH is 8. The monoisotopic (exact) mass is 380 g/mol. The van der Waals surface area contributed by atoms with Gasteiger partial charge in [0, 0.05) is 0 Å². The van der Waals surface area contributed by atoms with Gasteiger partial charge in [0.1, 0.15) is 36.6 Å². The maximum atomic E-state index is 12.9. The summed E-state index contributed by atoms with van der Waals surface area (Å²) in [6, 6.07) is 0. The molecule has 9 atom stereocenters. The van der Waals surface area contributed by atoms with Crippen LogP contribution in [0.2, 0.25) is 0 Å². The fourth-order valence-electron chi connectivity index (χ4n) is 1.69. The highest BCUT2D eigenvalue weighted by Gasteiger charge is 2.46. The van der Waals surface area contributed by atoms with Crippen LogP contribution in [0.1, 0.15) is 0 Å². The maximum Gasteiger partial charge on any atom is 0.264 e. The highest BCUT2D eigenvalue weighted by Crippen LogP contribution is 2.22. The lowest BCUT2D eigenvalue weighted by Crippen LogP contribution is -2.56. The van der Waals surface area contributed by atoms with E-state index in [2.05, 4.69) is 4.74 Å². The number of rotatable bonds is 6. The second-order valence-corrected chi connectivity index (χ2v) is 5.17. The topological polar surface area (TPSA) is 208 Å². The van der Waals surface area contributed by atoms with Crippen molar-refractivity contribution in [3.05, 3.63) is 0 Å². The summed E-state index contributed by atoms with van der Waals surface area (Å²) in [7, 11) is 0. The van der Waals surface area contributed by atoms with Gasteiger partial charge in [0.15, 0.2) is 18.7 Å². The van der Waals surface area contributed by atoms with Gasteiger partial charge in [-0.15, -0.1) is 0 Å². The minimum Gasteiger partial charge on any atom is -0.394 e. The van der Waals surface area contributed by atoms with E-state index in [4.69, 9.17) is 46.0 Å². The molecule has 13 heteroatoms. The normalized spacial score (nSPS) is 35.6. The molecule has 0 spiro atoms. The van der Waals surface area contributed by atoms with Gasteiger partial charge in [-0.05, 0) is 0 Å². The summed E-state index contributed by atoms with van der Waals surface area (Å²) in [4.78, 5) is 9.87. The van der Waals surface area contributed by atoms with Crippen LogP contribution in [0.5, 0.6) is 0 Å². The molecule has 9 N–H and O–H groups in total. The lowest BCUT2D eigenvalue weighted by molar-refractivity contribution is -0.274. The minimum atomic E-state index is -3.63. The van der Waals surface area contributed by atoms with E-state index < -0.39 is 68.2 Å². The molecule has 1 heterocycles. The van der Waals surface area contributed by atoms with Crippen molar-refractivity contribution in [3.63, 3.8) is 0 Å². The fourth-order valence-corrected chi connectivity index (χ4v) is 1.69. The van der Waals surface area contributed by atoms with E-state index in [1.54, 1.807) is 0 Å². The van der Waals surface area contributed by atoms with Crippen LogP contribution in [0.25, 0.3) is 0 Å². The molecule has 1 saturated heterocycles. The predicted molar refractivity (Wildman–Crippen MR) is 72.1 cm³/mol. The first-order valence-corrected chi connectivity index (χ1v) is 6.91. The Morgan fingerprint density at radius 2 is 1.64 bits per heavy atom. The van der Waals surface area contributed by atoms with Gasteiger partial charge in [-0.25, -0.2) is 8.78 Å². The van der Waals surface area contributed by atoms with E-state index in [9.17, 15) is 13.6 Å². The minimum absolute atomic E-state index is 0.209. The number of alkyl halides is 2. The van der Waals surface area contributed by atoms with Crippen molar-refractivity contribution in [2.24, 2.45) is 0 Å². The standard InChI is InChI=1S/C6H11FO6.C6H11FO5/c7-6(13,4(11)2-9)5(12)3(10)1-8;7-3-2(1-8)12-6(11)5(10)4(3)9/h1,3-5,9-13H,2H2;2-6,8-11H,1H2/t3-,4+,5+,6+;2-,3-,4+,5-,6?/m01/s1. The van der Waals surface area contributed by atoms with Gasteiger partial charge in [0.2, 0.25) is 0 Å². The van der Waals surface area contributed by atoms with Crippen molar-refractivity contribution in [2.45, 2.75) is 54.9 Å². The van der Waals surface area contributed by atoms with Crippen LogP contribution in [-0.2, 0) is 9.53 Å². The molecule has 150 valence electrons. The van der Waals surface area contributed by atoms with Crippen LogP contribution in [-0.4, -0.2) is 120 Å². The second kappa shape index (κ2) is 10.3. The molecule has 0 radical (unpaired) electrons. The molecule has 0 amide bonds. The van der Waals surface area contributed by atoms with Crippen molar-refractivity contribution >= 4 is 6.29 Å². The van der Waals surface area contributed by atoms with Crippen LogP contribution in [0.15, 0.2) is 0 Å². The van der Waals surface area contributed by atoms with Crippen molar-refractivity contribution in [1.29, 1.82) is 0 Å². The van der Waals surface area contributed by atoms with E-state index >= 15 is 0 Å². The Hall–Kier alpha value is -0.870. The molecule has 0 saturated carbocycles. The van der Waals surface area contributed by atoms with Crippen molar-refractivity contribution < 1.29 is 64.3 Å². The molecule has 0 aromatic carbocycles. The number of halogens is 2. The van der Waals surface area contributed by atoms with E-state index in [1.165, 1.54) is 0 Å². The summed E-state index contributed by atoms with van der Waals surface area (Å²) in [5.41, 5.74) is 0. The number of hydrogen-bond donors (Lipinski definition) is 9. The van der Waals surface area contributed by atoms with Gasteiger partial charge in [-0.2, -0.15) is 0 Å². The van der Waals surface area contributed by atoms with Crippen molar-refractivity contribution in [3.8, 4) is 0 Å². The smallest absolute Gasteiger partial charge is 0.264 e. The molecule has 0 aromatic rings. The lowest BCUT2D eigenvalue weighted by atomic mass is 10.0. The first-order valence-electron chi connectivity index (χ1n) is 6.91. The lowest BCUT2D eigenvalue weighted by Gasteiger charge is -2.36. The van der Waals surface area contributed by atoms with Crippen LogP contribution in [0.4, 0.5) is 8.78 Å². The van der Waals surface area contributed by atoms with Crippen LogP contribution < -0.4 is 0 Å². The van der Waals surface area contributed by atoms with Crippen molar-refractivity contribution in [1.82, 2.24) is 0 Å². The number of aliphatic hydroxyl groups is 9. The Morgan fingerprint density at radius 3 is 2.04 bits per heavy atom. The molecular weight excluding hydrogens is 358 g/mol. The van der Waals surface area contributed by atoms with Gasteiger partial charge in [0.05, 0.1) is 13.2 Å². The summed E-state index contributed by atoms with van der Waals surface area (Å²) in [5, 5.41) is 78.2. The third-order valence-corrected chi connectivity index (χ3v) is 3.34. The highest BCUT2D eigenvalue weighted by atomic mass is 19.2. The number of ether oxygens (including phenoxy) is 1. The van der Waals surface area contributed by atoms with E-state index in [0.29, 0.717) is 0 Å². The zero-order valence-electron chi connectivity index (χ0n) is 12.7. The summed E-state index contributed by atoms with van der Waals surface area (Å²) in [6.07, 6.45) is -15.4. The largest absolute Gasteiger partial charge is 0.394 e. The average Bonchev–Trinajstić information content (AvgIpc) is 2.61. The number of carbonyl (C=O) groups is 1. The number of aldehydes is 1. The molecule has 11 nitrogen and oxygen atoms in total. The highest BCUT2D eigenvalue weighted by molar-refractivity contribution is 5.56.